The molecular formula is C35H24ClN3O2. The summed E-state index contributed by atoms with van der Waals surface area (Å²) >= 11 is 6.25. The normalized spacial score (nSPS) is 14.3. The van der Waals surface area contributed by atoms with E-state index in [1.54, 1.807) is 16.7 Å². The lowest BCUT2D eigenvalue weighted by atomic mass is 9.89. The number of fused-ring (bicyclic) bond motifs is 2. The van der Waals surface area contributed by atoms with Crippen LogP contribution in [0.3, 0.4) is 0 Å². The van der Waals surface area contributed by atoms with E-state index in [1.807, 2.05) is 115 Å². The minimum absolute atomic E-state index is 0.160. The van der Waals surface area contributed by atoms with Crippen LogP contribution in [0, 0.1) is 0 Å². The first-order valence-corrected chi connectivity index (χ1v) is 13.7. The zero-order valence-electron chi connectivity index (χ0n) is 21.8. The van der Waals surface area contributed by atoms with Crippen molar-refractivity contribution in [1.29, 1.82) is 0 Å². The van der Waals surface area contributed by atoms with Crippen molar-refractivity contribution in [3.63, 3.8) is 0 Å². The van der Waals surface area contributed by atoms with E-state index in [4.69, 9.17) is 11.6 Å². The number of amides is 2. The number of nitrogens with one attached hydrogen (secondary N) is 2. The molecule has 1 aliphatic rings. The topological polar surface area (TPSA) is 63.1 Å². The van der Waals surface area contributed by atoms with Crippen LogP contribution in [0.25, 0.3) is 38.8 Å². The number of rotatable bonds is 4. The summed E-state index contributed by atoms with van der Waals surface area (Å²) in [6.45, 7) is 0. The van der Waals surface area contributed by atoms with E-state index in [0.717, 1.165) is 38.9 Å². The standard InChI is InChI=1S/C35H24ClN3O2/c36-25-16-18-26(19-17-25)39-33(24-14-8-3-9-15-24)31(22-10-4-1-5-11-22)27-21-30-29(20-28(27)34(39)40)32(38-35(41)37-30)23-12-6-2-7-13-23/h1-21,32H,(H2,37,38,41). The van der Waals surface area contributed by atoms with Crippen molar-refractivity contribution in [2.75, 3.05) is 5.32 Å². The number of carbonyl (C=O) groups is 1. The summed E-state index contributed by atoms with van der Waals surface area (Å²) < 4.78 is 1.77. The number of benzene rings is 5. The van der Waals surface area contributed by atoms with Crippen molar-refractivity contribution >= 4 is 34.1 Å². The Balaban J connectivity index is 1.64. The summed E-state index contributed by atoms with van der Waals surface area (Å²) in [5, 5.41) is 7.93. The highest BCUT2D eigenvalue weighted by molar-refractivity contribution is 6.30. The Morgan fingerprint density at radius 1 is 0.659 bits per heavy atom. The summed E-state index contributed by atoms with van der Waals surface area (Å²) in [6, 6.07) is 40.2. The van der Waals surface area contributed by atoms with Gasteiger partial charge in [-0.2, -0.15) is 0 Å². The van der Waals surface area contributed by atoms with Crippen LogP contribution in [0.5, 0.6) is 0 Å². The van der Waals surface area contributed by atoms with Gasteiger partial charge in [-0.05, 0) is 58.5 Å². The predicted molar refractivity (Wildman–Crippen MR) is 166 cm³/mol. The van der Waals surface area contributed by atoms with E-state index < -0.39 is 6.04 Å². The molecule has 2 N–H and O–H groups in total. The van der Waals surface area contributed by atoms with Crippen LogP contribution >= 0.6 is 11.6 Å². The van der Waals surface area contributed by atoms with Gasteiger partial charge in [-0.1, -0.05) is 103 Å². The van der Waals surface area contributed by atoms with Crippen molar-refractivity contribution in [2.45, 2.75) is 6.04 Å². The van der Waals surface area contributed by atoms with E-state index in [0.29, 0.717) is 21.8 Å². The minimum atomic E-state index is -0.401. The smallest absolute Gasteiger partial charge is 0.320 e. The molecule has 1 aliphatic heterocycles. The van der Waals surface area contributed by atoms with Gasteiger partial charge >= 0.3 is 6.03 Å². The monoisotopic (exact) mass is 553 g/mol. The number of pyridine rings is 1. The van der Waals surface area contributed by atoms with Crippen molar-refractivity contribution < 1.29 is 4.79 Å². The van der Waals surface area contributed by atoms with Gasteiger partial charge in [-0.15, -0.1) is 0 Å². The zero-order chi connectivity index (χ0) is 27.9. The third kappa shape index (κ3) is 4.37. The maximum Gasteiger partial charge on any atom is 0.320 e. The SMILES string of the molecule is O=C1Nc2cc3c(-c4ccccc4)c(-c4ccccc4)n(-c4ccc(Cl)cc4)c(=O)c3cc2C(c2ccccc2)N1. The van der Waals surface area contributed by atoms with Gasteiger partial charge in [-0.3, -0.25) is 9.36 Å². The highest BCUT2D eigenvalue weighted by Crippen LogP contribution is 2.42. The zero-order valence-corrected chi connectivity index (χ0v) is 22.6. The second-order valence-electron chi connectivity index (χ2n) is 10.00. The third-order valence-corrected chi connectivity index (χ3v) is 7.77. The average molecular weight is 554 g/mol. The Labute approximate surface area is 241 Å². The number of nitrogens with zero attached hydrogens (tertiary/aromatic N) is 1. The Morgan fingerprint density at radius 3 is 1.93 bits per heavy atom. The highest BCUT2D eigenvalue weighted by atomic mass is 35.5. The molecule has 5 aromatic carbocycles. The van der Waals surface area contributed by atoms with Crippen molar-refractivity contribution in [2.24, 2.45) is 0 Å². The Kier molecular flexibility index (Phi) is 6.14. The quantitative estimate of drug-likeness (QED) is 0.231. The van der Waals surface area contributed by atoms with Crippen molar-refractivity contribution in [3.8, 4) is 28.1 Å². The summed E-state index contributed by atoms with van der Waals surface area (Å²) in [5.74, 6) is 0. The molecule has 41 heavy (non-hydrogen) atoms. The molecule has 0 bridgehead atoms. The molecule has 198 valence electrons. The summed E-state index contributed by atoms with van der Waals surface area (Å²) in [5.41, 5.74) is 6.50. The molecule has 0 radical (unpaired) electrons. The highest BCUT2D eigenvalue weighted by Gasteiger charge is 2.29. The van der Waals surface area contributed by atoms with E-state index in [1.165, 1.54) is 0 Å². The molecule has 7 rings (SSSR count). The van der Waals surface area contributed by atoms with E-state index >= 15 is 0 Å². The second-order valence-corrected chi connectivity index (χ2v) is 10.4. The number of urea groups is 1. The molecular weight excluding hydrogens is 530 g/mol. The fraction of sp³-hybridized carbons (Fsp3) is 0.0286. The first-order valence-electron chi connectivity index (χ1n) is 13.3. The third-order valence-electron chi connectivity index (χ3n) is 7.51. The summed E-state index contributed by atoms with van der Waals surface area (Å²) in [4.78, 5) is 27.4. The van der Waals surface area contributed by atoms with Crippen molar-refractivity contribution in [1.82, 2.24) is 9.88 Å². The molecule has 0 fully saturated rings. The molecule has 0 aliphatic carbocycles. The van der Waals surface area contributed by atoms with E-state index in [-0.39, 0.29) is 11.6 Å². The Hall–Kier alpha value is -5.13. The first-order chi connectivity index (χ1) is 20.1. The minimum Gasteiger partial charge on any atom is -0.327 e. The van der Waals surface area contributed by atoms with E-state index in [9.17, 15) is 9.59 Å². The largest absolute Gasteiger partial charge is 0.327 e. The van der Waals surface area contributed by atoms with Crippen LogP contribution in [-0.4, -0.2) is 10.6 Å². The molecule has 2 heterocycles. The van der Waals surface area contributed by atoms with Gasteiger partial charge < -0.3 is 10.6 Å². The van der Waals surface area contributed by atoms with Gasteiger partial charge in [0.15, 0.2) is 0 Å². The number of aromatic nitrogens is 1. The van der Waals surface area contributed by atoms with Gasteiger partial charge in [0.1, 0.15) is 0 Å². The van der Waals surface area contributed by atoms with Gasteiger partial charge in [0.2, 0.25) is 0 Å². The second kappa shape index (κ2) is 10.1. The van der Waals surface area contributed by atoms with Crippen LogP contribution < -0.4 is 16.2 Å². The molecule has 5 nitrogen and oxygen atoms in total. The fourth-order valence-electron chi connectivity index (χ4n) is 5.69. The molecule has 1 atom stereocenters. The van der Waals surface area contributed by atoms with Crippen LogP contribution in [0.15, 0.2) is 132 Å². The maximum atomic E-state index is 14.6. The number of anilines is 1. The maximum absolute atomic E-state index is 14.6. The van der Waals surface area contributed by atoms with E-state index in [2.05, 4.69) is 10.6 Å². The Morgan fingerprint density at radius 2 is 1.27 bits per heavy atom. The van der Waals surface area contributed by atoms with Gasteiger partial charge in [0.05, 0.1) is 11.7 Å². The lowest BCUT2D eigenvalue weighted by molar-refractivity contribution is 0.249. The number of hydrogen-bond donors (Lipinski definition) is 2. The van der Waals surface area contributed by atoms with Crippen molar-refractivity contribution in [3.05, 3.63) is 154 Å². The van der Waals surface area contributed by atoms with Crippen LogP contribution in [0.2, 0.25) is 5.02 Å². The number of carbonyl (C=O) groups excluding carboxylic acids is 1. The Bertz CT molecular complexity index is 1970. The molecule has 0 saturated heterocycles. The molecule has 1 unspecified atom stereocenters. The summed E-state index contributed by atoms with van der Waals surface area (Å²) in [6.07, 6.45) is 0. The molecule has 6 heteroatoms. The predicted octanol–water partition coefficient (Wildman–Crippen LogP) is 8.20. The molecule has 6 aromatic rings. The lowest BCUT2D eigenvalue weighted by Gasteiger charge is -2.29. The summed E-state index contributed by atoms with van der Waals surface area (Å²) in [7, 11) is 0. The molecule has 2 amide bonds. The van der Waals surface area contributed by atoms with Gasteiger partial charge in [0.25, 0.3) is 5.56 Å². The van der Waals surface area contributed by atoms with Gasteiger partial charge in [-0.25, -0.2) is 4.79 Å². The number of hydrogen-bond acceptors (Lipinski definition) is 2. The van der Waals surface area contributed by atoms with Crippen LogP contribution in [0.4, 0.5) is 10.5 Å². The lowest BCUT2D eigenvalue weighted by Crippen LogP contribution is -2.38. The fourth-order valence-corrected chi connectivity index (χ4v) is 5.81. The van der Waals surface area contributed by atoms with Crippen LogP contribution in [-0.2, 0) is 0 Å². The molecule has 0 spiro atoms. The first kappa shape index (κ1) is 24.9. The molecule has 1 aromatic heterocycles. The molecule has 0 saturated carbocycles. The van der Waals surface area contributed by atoms with Crippen LogP contribution in [0.1, 0.15) is 17.2 Å². The average Bonchev–Trinajstić information content (AvgIpc) is 3.02. The number of halogens is 1. The van der Waals surface area contributed by atoms with Gasteiger partial charge in [0, 0.05) is 32.9 Å².